The van der Waals surface area contributed by atoms with E-state index in [1.807, 2.05) is 54.6 Å². The molecular formula is C21H23NO5. The summed E-state index contributed by atoms with van der Waals surface area (Å²) >= 11 is 0. The Hall–Kier alpha value is -2.70. The maximum Gasteiger partial charge on any atom is 0.414 e. The van der Waals surface area contributed by atoms with Crippen LogP contribution in [0.4, 0.5) is 4.79 Å². The maximum atomic E-state index is 12.5. The summed E-state index contributed by atoms with van der Waals surface area (Å²) in [7, 11) is 2.89. The average molecular weight is 369 g/mol. The highest BCUT2D eigenvalue weighted by molar-refractivity contribution is 5.95. The van der Waals surface area contributed by atoms with E-state index >= 15 is 0 Å². The number of imide groups is 1. The molecule has 6 nitrogen and oxygen atoms in total. The number of nitrogens with zero attached hydrogens (tertiary/aromatic N) is 1. The lowest BCUT2D eigenvalue weighted by atomic mass is 9.97. The summed E-state index contributed by atoms with van der Waals surface area (Å²) in [4.78, 5) is 25.1. The first-order valence-corrected chi connectivity index (χ1v) is 8.81. The molecule has 0 aliphatic carbocycles. The van der Waals surface area contributed by atoms with Crippen LogP contribution in [0, 0.1) is 5.92 Å². The number of benzene rings is 2. The molecule has 0 unspecified atom stereocenters. The van der Waals surface area contributed by atoms with Crippen LogP contribution in [-0.4, -0.2) is 48.6 Å². The van der Waals surface area contributed by atoms with E-state index in [0.29, 0.717) is 12.8 Å². The number of ether oxygens (including phenoxy) is 2. The third-order valence-corrected chi connectivity index (χ3v) is 4.98. The molecule has 142 valence electrons. The molecule has 1 aliphatic heterocycles. The van der Waals surface area contributed by atoms with Crippen molar-refractivity contribution >= 4 is 12.0 Å². The Labute approximate surface area is 158 Å². The molecule has 0 radical (unpaired) electrons. The van der Waals surface area contributed by atoms with Crippen LogP contribution in [0.5, 0.6) is 0 Å². The Balaban J connectivity index is 1.77. The second-order valence-corrected chi connectivity index (χ2v) is 6.59. The number of carbonyl (C=O) groups excluding carboxylic acids is 1. The number of hydrogen-bond acceptors (Lipinski definition) is 4. The minimum Gasteiger partial charge on any atom is -0.465 e. The van der Waals surface area contributed by atoms with Gasteiger partial charge in [-0.25, -0.2) is 9.69 Å². The second-order valence-electron chi connectivity index (χ2n) is 6.59. The van der Waals surface area contributed by atoms with Crippen molar-refractivity contribution in [3.05, 3.63) is 60.2 Å². The molecule has 1 aliphatic rings. The van der Waals surface area contributed by atoms with Crippen molar-refractivity contribution < 1.29 is 24.2 Å². The Morgan fingerprint density at radius 1 is 1.07 bits per heavy atom. The van der Waals surface area contributed by atoms with Crippen LogP contribution in [0.2, 0.25) is 0 Å². The molecule has 0 bridgehead atoms. The van der Waals surface area contributed by atoms with Crippen LogP contribution in [0.3, 0.4) is 0 Å². The van der Waals surface area contributed by atoms with Gasteiger partial charge in [-0.15, -0.1) is 0 Å². The van der Waals surface area contributed by atoms with Crippen LogP contribution in [0.1, 0.15) is 12.0 Å². The van der Waals surface area contributed by atoms with Crippen molar-refractivity contribution in [3.63, 3.8) is 0 Å². The van der Waals surface area contributed by atoms with E-state index in [1.165, 1.54) is 14.2 Å². The molecule has 2 aromatic rings. The van der Waals surface area contributed by atoms with E-state index in [1.54, 1.807) is 0 Å². The topological polar surface area (TPSA) is 76.1 Å². The van der Waals surface area contributed by atoms with Gasteiger partial charge in [0.1, 0.15) is 0 Å². The molecule has 6 heteroatoms. The molecular weight excluding hydrogens is 346 g/mol. The first-order valence-electron chi connectivity index (χ1n) is 8.81. The first kappa shape index (κ1) is 19.1. The number of hydrogen-bond donors (Lipinski definition) is 1. The molecule has 0 spiro atoms. The van der Waals surface area contributed by atoms with Crippen molar-refractivity contribution in [2.45, 2.75) is 25.2 Å². The summed E-state index contributed by atoms with van der Waals surface area (Å²) in [5.74, 6) is -1.09. The highest BCUT2D eigenvalue weighted by Crippen LogP contribution is 2.31. The lowest BCUT2D eigenvalue weighted by Crippen LogP contribution is -2.40. The molecule has 2 aromatic carbocycles. The number of carbonyl (C=O) groups is 2. The zero-order valence-corrected chi connectivity index (χ0v) is 15.4. The van der Waals surface area contributed by atoms with Gasteiger partial charge in [-0.3, -0.25) is 4.79 Å². The molecule has 1 saturated heterocycles. The molecule has 1 fully saturated rings. The minimum atomic E-state index is -1.24. The van der Waals surface area contributed by atoms with Gasteiger partial charge in [0.15, 0.2) is 6.29 Å². The van der Waals surface area contributed by atoms with Crippen LogP contribution in [-0.2, 0) is 20.7 Å². The van der Waals surface area contributed by atoms with Gasteiger partial charge in [-0.05, 0) is 29.5 Å². The fraction of sp³-hybridized carbons (Fsp3) is 0.333. The van der Waals surface area contributed by atoms with Crippen LogP contribution >= 0.6 is 0 Å². The molecule has 1 N–H and O–H groups in total. The molecule has 2 atom stereocenters. The van der Waals surface area contributed by atoms with E-state index in [2.05, 4.69) is 0 Å². The monoisotopic (exact) mass is 369 g/mol. The van der Waals surface area contributed by atoms with Gasteiger partial charge in [-0.1, -0.05) is 54.6 Å². The highest BCUT2D eigenvalue weighted by Gasteiger charge is 2.46. The predicted molar refractivity (Wildman–Crippen MR) is 100 cm³/mol. The molecule has 3 rings (SSSR count). The van der Waals surface area contributed by atoms with Crippen LogP contribution in [0.25, 0.3) is 11.1 Å². The zero-order chi connectivity index (χ0) is 19.4. The standard InChI is InChI=1S/C21H23NO5/c1-26-20(27-2)18-13-17(22(19(18)23)21(24)25)12-14-8-10-16(11-9-14)15-6-4-3-5-7-15/h3-11,17-18,20H,12-13H2,1-2H3,(H,24,25)/t17-,18-/m1/s1. The third-order valence-electron chi connectivity index (χ3n) is 4.98. The molecule has 1 heterocycles. The van der Waals surface area contributed by atoms with Crippen molar-refractivity contribution in [1.29, 1.82) is 0 Å². The normalized spacial score (nSPS) is 19.7. The zero-order valence-electron chi connectivity index (χ0n) is 15.4. The van der Waals surface area contributed by atoms with E-state index in [9.17, 15) is 14.7 Å². The maximum absolute atomic E-state index is 12.5. The SMILES string of the molecule is COC(OC)[C@@H]1C[C@@H](Cc2ccc(-c3ccccc3)cc2)N(C(=O)O)C1=O. The van der Waals surface area contributed by atoms with Gasteiger partial charge in [0, 0.05) is 20.3 Å². The predicted octanol–water partition coefficient (Wildman–Crippen LogP) is 3.41. The Bertz CT molecular complexity index is 786. The lowest BCUT2D eigenvalue weighted by molar-refractivity contribution is -0.157. The largest absolute Gasteiger partial charge is 0.465 e. The Kier molecular flexibility index (Phi) is 5.88. The summed E-state index contributed by atoms with van der Waals surface area (Å²) in [6, 6.07) is 17.6. The molecule has 0 saturated carbocycles. The Morgan fingerprint density at radius 2 is 1.67 bits per heavy atom. The number of likely N-dealkylation sites (tertiary alicyclic amines) is 1. The number of rotatable bonds is 6. The number of amides is 2. The van der Waals surface area contributed by atoms with Gasteiger partial charge in [0.2, 0.25) is 5.91 Å². The molecule has 0 aromatic heterocycles. The summed E-state index contributed by atoms with van der Waals surface area (Å²) in [6.45, 7) is 0. The summed E-state index contributed by atoms with van der Waals surface area (Å²) in [6.07, 6.45) is -1.15. The first-order chi connectivity index (χ1) is 13.0. The van der Waals surface area contributed by atoms with Gasteiger partial charge in [0.25, 0.3) is 0 Å². The minimum absolute atomic E-state index is 0.373. The highest BCUT2D eigenvalue weighted by atomic mass is 16.7. The fourth-order valence-corrected chi connectivity index (χ4v) is 3.67. The van der Waals surface area contributed by atoms with Gasteiger partial charge >= 0.3 is 6.09 Å². The lowest BCUT2D eigenvalue weighted by Gasteiger charge is -2.20. The van der Waals surface area contributed by atoms with Crippen molar-refractivity contribution in [2.24, 2.45) is 5.92 Å². The van der Waals surface area contributed by atoms with E-state index in [4.69, 9.17) is 9.47 Å². The Morgan fingerprint density at radius 3 is 2.22 bits per heavy atom. The quantitative estimate of drug-likeness (QED) is 0.790. The van der Waals surface area contributed by atoms with Crippen molar-refractivity contribution in [1.82, 2.24) is 4.90 Å². The number of methoxy groups -OCH3 is 2. The summed E-state index contributed by atoms with van der Waals surface area (Å²) < 4.78 is 10.4. The summed E-state index contributed by atoms with van der Waals surface area (Å²) in [5, 5.41) is 9.49. The number of carboxylic acid groups (broad SMARTS) is 1. The van der Waals surface area contributed by atoms with E-state index in [0.717, 1.165) is 21.6 Å². The van der Waals surface area contributed by atoms with E-state index in [-0.39, 0.29) is 0 Å². The van der Waals surface area contributed by atoms with Crippen molar-refractivity contribution in [3.8, 4) is 11.1 Å². The third kappa shape index (κ3) is 4.02. The van der Waals surface area contributed by atoms with Crippen LogP contribution < -0.4 is 0 Å². The van der Waals surface area contributed by atoms with Crippen LogP contribution in [0.15, 0.2) is 54.6 Å². The second kappa shape index (κ2) is 8.33. The van der Waals surface area contributed by atoms with E-state index < -0.39 is 30.3 Å². The van der Waals surface area contributed by atoms with Gasteiger partial charge in [0.05, 0.1) is 5.92 Å². The van der Waals surface area contributed by atoms with Crippen molar-refractivity contribution in [2.75, 3.05) is 14.2 Å². The van der Waals surface area contributed by atoms with Gasteiger partial charge < -0.3 is 14.6 Å². The molecule has 27 heavy (non-hydrogen) atoms. The smallest absolute Gasteiger partial charge is 0.414 e. The molecule has 2 amide bonds. The van der Waals surface area contributed by atoms with Gasteiger partial charge in [-0.2, -0.15) is 0 Å². The summed E-state index contributed by atoms with van der Waals surface area (Å²) in [5.41, 5.74) is 3.19. The average Bonchev–Trinajstić information content (AvgIpc) is 3.00. The fourth-order valence-electron chi connectivity index (χ4n) is 3.67.